The molecule has 0 fully saturated rings. The number of carbonyl (C=O) groups is 2. The summed E-state index contributed by atoms with van der Waals surface area (Å²) in [5, 5.41) is 4.72. The summed E-state index contributed by atoms with van der Waals surface area (Å²) in [6, 6.07) is 13.4. The molecule has 0 spiro atoms. The van der Waals surface area contributed by atoms with Crippen molar-refractivity contribution in [3.05, 3.63) is 105 Å². The standard InChI is InChI=1S/C32H35FN4O5/c1-35-22-36-16-10-5-3-2-4-6-11-17-41-27-18-25(33)15-14-24(27)19-34-31(39)26-20-37(36)28(32(35)40)30(29(26)38)42-21-23-12-8-7-9-13-23/h4,6-9,12-15,18,20H,2-3,5,10-11,16-17,19,21-22H2,1H3,(H,34,39)/b6-4-. The van der Waals surface area contributed by atoms with Gasteiger partial charge in [0, 0.05) is 38.0 Å². The predicted octanol–water partition coefficient (Wildman–Crippen LogP) is 4.38. The molecule has 2 aliphatic heterocycles. The molecular weight excluding hydrogens is 539 g/mol. The number of hydrogen-bond donors (Lipinski definition) is 1. The van der Waals surface area contributed by atoms with Gasteiger partial charge in [0.2, 0.25) is 5.43 Å². The van der Waals surface area contributed by atoms with Crippen LogP contribution in [0.4, 0.5) is 4.39 Å². The lowest BCUT2D eigenvalue weighted by Crippen LogP contribution is -2.53. The summed E-state index contributed by atoms with van der Waals surface area (Å²) in [5.41, 5.74) is 0.642. The van der Waals surface area contributed by atoms with E-state index in [1.54, 1.807) is 17.8 Å². The third kappa shape index (κ3) is 6.64. The van der Waals surface area contributed by atoms with Crippen LogP contribution in [-0.4, -0.2) is 48.3 Å². The zero-order valence-electron chi connectivity index (χ0n) is 23.7. The fourth-order valence-electron chi connectivity index (χ4n) is 5.04. The van der Waals surface area contributed by atoms with Crippen LogP contribution in [0.2, 0.25) is 0 Å². The van der Waals surface area contributed by atoms with E-state index in [4.69, 9.17) is 9.47 Å². The van der Waals surface area contributed by atoms with Gasteiger partial charge in [0.15, 0.2) is 11.4 Å². The molecule has 2 amide bonds. The van der Waals surface area contributed by atoms with Gasteiger partial charge in [0.05, 0.1) is 6.61 Å². The number of hydrogen-bond acceptors (Lipinski definition) is 6. The van der Waals surface area contributed by atoms with Crippen LogP contribution >= 0.6 is 0 Å². The SMILES string of the molecule is CN1CN2CCCCC/C=C\CCOc3cc(F)ccc3CNC(=O)c3cn2c(c(OCc2ccccc2)c3=O)C1=O. The molecule has 0 saturated heterocycles. The Morgan fingerprint density at radius 2 is 1.81 bits per heavy atom. The van der Waals surface area contributed by atoms with E-state index in [2.05, 4.69) is 17.5 Å². The fourth-order valence-corrected chi connectivity index (χ4v) is 5.04. The molecule has 0 unspecified atom stereocenters. The Hall–Kier alpha value is -4.60. The van der Waals surface area contributed by atoms with Gasteiger partial charge in [-0.2, -0.15) is 0 Å². The lowest BCUT2D eigenvalue weighted by Gasteiger charge is -2.38. The largest absolute Gasteiger partial charge is 0.493 e. The second-order valence-corrected chi connectivity index (χ2v) is 10.4. The van der Waals surface area contributed by atoms with Gasteiger partial charge in [0.1, 0.15) is 30.4 Å². The lowest BCUT2D eigenvalue weighted by molar-refractivity contribution is 0.0727. The Kier molecular flexibility index (Phi) is 9.21. The lowest BCUT2D eigenvalue weighted by atomic mass is 10.1. The van der Waals surface area contributed by atoms with Crippen molar-refractivity contribution in [2.24, 2.45) is 0 Å². The highest BCUT2D eigenvalue weighted by atomic mass is 19.1. The molecule has 9 nitrogen and oxygen atoms in total. The number of carbonyl (C=O) groups excluding carboxylic acids is 2. The number of fused-ring (bicyclic) bond motifs is 2. The molecular formula is C32H35FN4O5. The van der Waals surface area contributed by atoms with Gasteiger partial charge >= 0.3 is 0 Å². The number of nitrogens with one attached hydrogen (secondary N) is 1. The minimum atomic E-state index is -0.675. The second-order valence-electron chi connectivity index (χ2n) is 10.4. The number of rotatable bonds is 3. The molecule has 3 heterocycles. The molecule has 5 rings (SSSR count). The van der Waals surface area contributed by atoms with Crippen molar-refractivity contribution in [3.63, 3.8) is 0 Å². The van der Waals surface area contributed by atoms with Gasteiger partial charge in [-0.15, -0.1) is 0 Å². The van der Waals surface area contributed by atoms with Crippen LogP contribution in [-0.2, 0) is 13.2 Å². The molecule has 2 aliphatic rings. The van der Waals surface area contributed by atoms with Crippen molar-refractivity contribution in [2.45, 2.75) is 45.3 Å². The maximum Gasteiger partial charge on any atom is 0.277 e. The first-order valence-corrected chi connectivity index (χ1v) is 14.2. The monoisotopic (exact) mass is 574 g/mol. The van der Waals surface area contributed by atoms with E-state index in [-0.39, 0.29) is 36.1 Å². The molecule has 2 aromatic carbocycles. The summed E-state index contributed by atoms with van der Waals surface area (Å²) in [6.45, 7) is 1.34. The Morgan fingerprint density at radius 3 is 2.64 bits per heavy atom. The average Bonchev–Trinajstić information content (AvgIpc) is 2.99. The van der Waals surface area contributed by atoms with Gasteiger partial charge in [-0.05, 0) is 37.3 Å². The van der Waals surface area contributed by atoms with Crippen LogP contribution in [0.15, 0.2) is 71.7 Å². The summed E-state index contributed by atoms with van der Waals surface area (Å²) in [7, 11) is 1.68. The van der Waals surface area contributed by atoms with E-state index >= 15 is 0 Å². The van der Waals surface area contributed by atoms with Crippen molar-refractivity contribution in [1.82, 2.24) is 14.9 Å². The molecule has 2 bridgehead atoms. The first kappa shape index (κ1) is 28.9. The number of aromatic nitrogens is 1. The Morgan fingerprint density at radius 1 is 1.00 bits per heavy atom. The third-order valence-corrected chi connectivity index (χ3v) is 7.31. The van der Waals surface area contributed by atoms with Crippen LogP contribution < -0.4 is 25.2 Å². The van der Waals surface area contributed by atoms with Crippen LogP contribution in [0.5, 0.6) is 11.5 Å². The van der Waals surface area contributed by atoms with E-state index in [1.807, 2.05) is 35.3 Å². The van der Waals surface area contributed by atoms with Crippen molar-refractivity contribution in [1.29, 1.82) is 0 Å². The van der Waals surface area contributed by atoms with Gasteiger partial charge in [-0.1, -0.05) is 55.0 Å². The molecule has 1 aromatic heterocycles. The highest BCUT2D eigenvalue weighted by Crippen LogP contribution is 2.24. The molecule has 0 atom stereocenters. The topological polar surface area (TPSA) is 93.1 Å². The van der Waals surface area contributed by atoms with Crippen molar-refractivity contribution >= 4 is 11.8 Å². The van der Waals surface area contributed by atoms with Crippen molar-refractivity contribution in [2.75, 3.05) is 31.9 Å². The summed E-state index contributed by atoms with van der Waals surface area (Å²) >= 11 is 0. The van der Waals surface area contributed by atoms with E-state index in [1.165, 1.54) is 23.2 Å². The number of ether oxygens (including phenoxy) is 2. The van der Waals surface area contributed by atoms with Gasteiger partial charge in [-0.25, -0.2) is 4.39 Å². The first-order valence-electron chi connectivity index (χ1n) is 14.2. The van der Waals surface area contributed by atoms with Gasteiger partial charge in [0.25, 0.3) is 11.8 Å². The minimum Gasteiger partial charge on any atom is -0.493 e. The summed E-state index contributed by atoms with van der Waals surface area (Å²) in [6.07, 6.45) is 10.0. The smallest absolute Gasteiger partial charge is 0.277 e. The molecule has 42 heavy (non-hydrogen) atoms. The summed E-state index contributed by atoms with van der Waals surface area (Å²) < 4.78 is 27.4. The van der Waals surface area contributed by atoms with E-state index in [0.29, 0.717) is 37.6 Å². The van der Waals surface area contributed by atoms with Crippen molar-refractivity contribution < 1.29 is 23.5 Å². The number of allylic oxidation sites excluding steroid dienone is 1. The number of pyridine rings is 1. The van der Waals surface area contributed by atoms with Gasteiger partial charge in [-0.3, -0.25) is 24.1 Å². The van der Waals surface area contributed by atoms with E-state index < -0.39 is 17.2 Å². The molecule has 220 valence electrons. The summed E-state index contributed by atoms with van der Waals surface area (Å²) in [4.78, 5) is 42.2. The molecule has 0 aliphatic carbocycles. The normalized spacial score (nSPS) is 17.2. The quantitative estimate of drug-likeness (QED) is 0.467. The summed E-state index contributed by atoms with van der Waals surface area (Å²) in [5.74, 6) is -1.29. The number of benzene rings is 2. The fraction of sp³-hybridized carbons (Fsp3) is 0.344. The van der Waals surface area contributed by atoms with Crippen LogP contribution in [0.1, 0.15) is 64.1 Å². The third-order valence-electron chi connectivity index (χ3n) is 7.31. The Labute approximate surface area is 244 Å². The number of amides is 2. The van der Waals surface area contributed by atoms with Crippen LogP contribution in [0.25, 0.3) is 0 Å². The van der Waals surface area contributed by atoms with Gasteiger partial charge < -0.3 is 19.7 Å². The molecule has 0 radical (unpaired) electrons. The van der Waals surface area contributed by atoms with E-state index in [9.17, 15) is 18.8 Å². The zero-order chi connectivity index (χ0) is 29.5. The highest BCUT2D eigenvalue weighted by Gasteiger charge is 2.33. The number of nitrogens with zero attached hydrogens (tertiary/aromatic N) is 3. The van der Waals surface area contributed by atoms with Crippen molar-refractivity contribution in [3.8, 4) is 11.5 Å². The zero-order valence-corrected chi connectivity index (χ0v) is 23.7. The maximum absolute atomic E-state index is 14.0. The average molecular weight is 575 g/mol. The molecule has 3 aromatic rings. The molecule has 10 heteroatoms. The van der Waals surface area contributed by atoms with Crippen LogP contribution in [0.3, 0.4) is 0 Å². The Bertz CT molecular complexity index is 1520. The highest BCUT2D eigenvalue weighted by molar-refractivity contribution is 5.99. The number of halogens is 1. The van der Waals surface area contributed by atoms with Crippen LogP contribution in [0, 0.1) is 5.82 Å². The first-order chi connectivity index (χ1) is 20.4. The minimum absolute atomic E-state index is 0.0110. The Balaban J connectivity index is 1.54. The molecule has 0 saturated carbocycles. The predicted molar refractivity (Wildman–Crippen MR) is 157 cm³/mol. The second kappa shape index (κ2) is 13.4. The molecule has 1 N–H and O–H groups in total. The van der Waals surface area contributed by atoms with E-state index in [0.717, 1.165) is 31.2 Å². The maximum atomic E-state index is 14.0.